The van der Waals surface area contributed by atoms with Crippen LogP contribution in [0.25, 0.3) is 10.9 Å². The van der Waals surface area contributed by atoms with Gasteiger partial charge < -0.3 is 14.2 Å². The highest BCUT2D eigenvalue weighted by molar-refractivity contribution is 5.86. The Bertz CT molecular complexity index is 538. The molecule has 0 atom stereocenters. The first-order valence-corrected chi connectivity index (χ1v) is 6.63. The Hall–Kier alpha value is -1.48. The fourth-order valence-electron chi connectivity index (χ4n) is 2.66. The lowest BCUT2D eigenvalue weighted by Crippen LogP contribution is -2.35. The molecule has 1 aromatic heterocycles. The zero-order valence-electron chi connectivity index (χ0n) is 11.1. The van der Waals surface area contributed by atoms with Gasteiger partial charge in [-0.15, -0.1) is 0 Å². The van der Waals surface area contributed by atoms with E-state index >= 15 is 0 Å². The van der Waals surface area contributed by atoms with Crippen molar-refractivity contribution >= 4 is 10.9 Å². The topological polar surface area (TPSA) is 17.4 Å². The van der Waals surface area contributed by atoms with Gasteiger partial charge >= 0.3 is 0 Å². The average molecular weight is 244 g/mol. The molecule has 96 valence electrons. The van der Waals surface area contributed by atoms with Gasteiger partial charge in [0.1, 0.15) is 11.9 Å². The van der Waals surface area contributed by atoms with Crippen LogP contribution in [0.4, 0.5) is 0 Å². The first-order chi connectivity index (χ1) is 8.74. The van der Waals surface area contributed by atoms with Crippen LogP contribution in [0.15, 0.2) is 30.5 Å². The minimum atomic E-state index is 0.368. The number of fused-ring (bicyclic) bond motifs is 1. The molecular weight excluding hydrogens is 224 g/mol. The number of hydrogen-bond acceptors (Lipinski definition) is 2. The summed E-state index contributed by atoms with van der Waals surface area (Å²) in [5.41, 5.74) is 1.24. The summed E-state index contributed by atoms with van der Waals surface area (Å²) in [6.07, 6.45) is 4.71. The van der Waals surface area contributed by atoms with Crippen molar-refractivity contribution in [1.29, 1.82) is 0 Å². The van der Waals surface area contributed by atoms with E-state index in [2.05, 4.69) is 54.0 Å². The maximum atomic E-state index is 6.19. The molecule has 1 aliphatic rings. The van der Waals surface area contributed by atoms with Crippen molar-refractivity contribution in [1.82, 2.24) is 9.47 Å². The highest BCUT2D eigenvalue weighted by atomic mass is 16.5. The van der Waals surface area contributed by atoms with Crippen LogP contribution in [0.2, 0.25) is 0 Å². The van der Waals surface area contributed by atoms with Crippen molar-refractivity contribution in [2.24, 2.45) is 7.05 Å². The van der Waals surface area contributed by atoms with Gasteiger partial charge in [-0.1, -0.05) is 6.07 Å². The van der Waals surface area contributed by atoms with Gasteiger partial charge in [-0.05, 0) is 38.1 Å². The summed E-state index contributed by atoms with van der Waals surface area (Å²) in [5, 5.41) is 1.22. The minimum Gasteiger partial charge on any atom is -0.490 e. The van der Waals surface area contributed by atoms with Crippen LogP contribution in [0.1, 0.15) is 12.8 Å². The predicted molar refractivity (Wildman–Crippen MR) is 74.1 cm³/mol. The van der Waals surface area contributed by atoms with E-state index in [1.807, 2.05) is 0 Å². The Kier molecular flexibility index (Phi) is 3.00. The van der Waals surface area contributed by atoms with E-state index in [0.29, 0.717) is 6.10 Å². The largest absolute Gasteiger partial charge is 0.490 e. The summed E-state index contributed by atoms with van der Waals surface area (Å²) in [4.78, 5) is 2.36. The van der Waals surface area contributed by atoms with Gasteiger partial charge in [-0.3, -0.25) is 0 Å². The van der Waals surface area contributed by atoms with Crippen LogP contribution in [0.5, 0.6) is 5.75 Å². The molecule has 0 unspecified atom stereocenters. The molecule has 0 bridgehead atoms. The number of nitrogens with zero attached hydrogens (tertiary/aromatic N) is 2. The summed E-state index contributed by atoms with van der Waals surface area (Å²) >= 11 is 0. The molecule has 1 aromatic carbocycles. The van der Waals surface area contributed by atoms with E-state index in [9.17, 15) is 0 Å². The molecule has 2 aromatic rings. The molecular formula is C15H20N2O. The van der Waals surface area contributed by atoms with Gasteiger partial charge in [0.15, 0.2) is 0 Å². The van der Waals surface area contributed by atoms with Crippen molar-refractivity contribution in [2.45, 2.75) is 18.9 Å². The lowest BCUT2D eigenvalue weighted by molar-refractivity contribution is 0.116. The second kappa shape index (κ2) is 4.65. The highest BCUT2D eigenvalue weighted by Gasteiger charge is 2.18. The number of piperidine rings is 1. The van der Waals surface area contributed by atoms with E-state index in [1.165, 1.54) is 10.9 Å². The van der Waals surface area contributed by atoms with E-state index < -0.39 is 0 Å². The molecule has 18 heavy (non-hydrogen) atoms. The third kappa shape index (κ3) is 2.10. The second-order valence-electron chi connectivity index (χ2n) is 5.24. The Morgan fingerprint density at radius 3 is 2.67 bits per heavy atom. The van der Waals surface area contributed by atoms with Crippen LogP contribution in [0, 0.1) is 0 Å². The van der Waals surface area contributed by atoms with Crippen LogP contribution in [-0.4, -0.2) is 35.7 Å². The van der Waals surface area contributed by atoms with E-state index in [1.54, 1.807) is 0 Å². The molecule has 0 radical (unpaired) electrons. The Morgan fingerprint density at radius 2 is 1.89 bits per heavy atom. The monoisotopic (exact) mass is 244 g/mol. The van der Waals surface area contributed by atoms with Crippen molar-refractivity contribution in [2.75, 3.05) is 20.1 Å². The molecule has 0 saturated carbocycles. The third-order valence-electron chi connectivity index (χ3n) is 3.85. The van der Waals surface area contributed by atoms with Crippen LogP contribution < -0.4 is 4.74 Å². The molecule has 0 spiro atoms. The normalized spacial score (nSPS) is 18.3. The lowest BCUT2D eigenvalue weighted by atomic mass is 10.1. The van der Waals surface area contributed by atoms with Gasteiger partial charge in [0.25, 0.3) is 0 Å². The maximum Gasteiger partial charge on any atom is 0.129 e. The maximum absolute atomic E-state index is 6.19. The second-order valence-corrected chi connectivity index (χ2v) is 5.24. The van der Waals surface area contributed by atoms with Crippen molar-refractivity contribution < 1.29 is 4.74 Å². The Labute approximate surface area is 108 Å². The van der Waals surface area contributed by atoms with Gasteiger partial charge in [-0.25, -0.2) is 0 Å². The zero-order chi connectivity index (χ0) is 12.5. The van der Waals surface area contributed by atoms with Crippen LogP contribution in [0.3, 0.4) is 0 Å². The molecule has 1 fully saturated rings. The van der Waals surface area contributed by atoms with E-state index in [0.717, 1.165) is 31.7 Å². The number of aromatic nitrogens is 1. The van der Waals surface area contributed by atoms with Gasteiger partial charge in [0, 0.05) is 31.7 Å². The summed E-state index contributed by atoms with van der Waals surface area (Å²) < 4.78 is 8.33. The standard InChI is InChI=1S/C15H20N2O/c1-16-9-6-12(7-10-16)18-15-5-3-4-14-13(15)8-11-17(14)2/h3-5,8,11-12H,6-7,9-10H2,1-2H3. The number of ether oxygens (including phenoxy) is 1. The summed E-state index contributed by atoms with van der Waals surface area (Å²) in [7, 11) is 4.25. The van der Waals surface area contributed by atoms with E-state index in [4.69, 9.17) is 4.74 Å². The third-order valence-corrected chi connectivity index (χ3v) is 3.85. The number of benzene rings is 1. The van der Waals surface area contributed by atoms with Crippen LogP contribution >= 0.6 is 0 Å². The van der Waals surface area contributed by atoms with Crippen molar-refractivity contribution in [3.05, 3.63) is 30.5 Å². The first kappa shape index (κ1) is 11.6. The fourth-order valence-corrected chi connectivity index (χ4v) is 2.66. The summed E-state index contributed by atoms with van der Waals surface area (Å²) in [6, 6.07) is 8.43. The molecule has 0 aliphatic carbocycles. The minimum absolute atomic E-state index is 0.368. The highest BCUT2D eigenvalue weighted by Crippen LogP contribution is 2.28. The number of aryl methyl sites for hydroxylation is 1. The van der Waals surface area contributed by atoms with Crippen molar-refractivity contribution in [3.63, 3.8) is 0 Å². The lowest BCUT2D eigenvalue weighted by Gasteiger charge is -2.29. The number of hydrogen-bond donors (Lipinski definition) is 0. The molecule has 0 amide bonds. The summed E-state index contributed by atoms with van der Waals surface area (Å²) in [5.74, 6) is 1.03. The molecule has 1 saturated heterocycles. The Morgan fingerprint density at radius 1 is 1.11 bits per heavy atom. The quantitative estimate of drug-likeness (QED) is 0.808. The van der Waals surface area contributed by atoms with Crippen molar-refractivity contribution in [3.8, 4) is 5.75 Å². The summed E-state index contributed by atoms with van der Waals surface area (Å²) in [6.45, 7) is 2.27. The smallest absolute Gasteiger partial charge is 0.129 e. The molecule has 0 N–H and O–H groups in total. The zero-order valence-corrected chi connectivity index (χ0v) is 11.1. The molecule has 3 rings (SSSR count). The fraction of sp³-hybridized carbons (Fsp3) is 0.467. The van der Waals surface area contributed by atoms with Gasteiger partial charge in [0.2, 0.25) is 0 Å². The SMILES string of the molecule is CN1CCC(Oc2cccc3c2ccn3C)CC1. The molecule has 3 nitrogen and oxygen atoms in total. The number of rotatable bonds is 2. The molecule has 1 aliphatic heterocycles. The Balaban J connectivity index is 1.82. The molecule has 2 heterocycles. The van der Waals surface area contributed by atoms with Gasteiger partial charge in [0.05, 0.1) is 5.52 Å². The molecule has 3 heteroatoms. The number of likely N-dealkylation sites (tertiary alicyclic amines) is 1. The average Bonchev–Trinajstić information content (AvgIpc) is 2.76. The predicted octanol–water partition coefficient (Wildman–Crippen LogP) is 2.65. The van der Waals surface area contributed by atoms with E-state index in [-0.39, 0.29) is 0 Å². The van der Waals surface area contributed by atoms with Crippen LogP contribution in [-0.2, 0) is 7.05 Å². The van der Waals surface area contributed by atoms with Gasteiger partial charge in [-0.2, -0.15) is 0 Å². The first-order valence-electron chi connectivity index (χ1n) is 6.63.